The number of phenolic OH excluding ortho intramolecular Hbond substituents is 1. The number of ether oxygens (including phenoxy) is 2. The molecule has 0 spiro atoms. The van der Waals surface area contributed by atoms with Gasteiger partial charge < -0.3 is 14.6 Å². The predicted molar refractivity (Wildman–Crippen MR) is 106 cm³/mol. The van der Waals surface area contributed by atoms with Crippen molar-refractivity contribution in [2.24, 2.45) is 0 Å². The van der Waals surface area contributed by atoms with Crippen LogP contribution in [-0.2, 0) is 9.47 Å². The summed E-state index contributed by atoms with van der Waals surface area (Å²) in [4.78, 5) is 25.2. The summed E-state index contributed by atoms with van der Waals surface area (Å²) < 4.78 is 10.7. The van der Waals surface area contributed by atoms with Crippen molar-refractivity contribution in [3.63, 3.8) is 0 Å². The Kier molecular flexibility index (Phi) is 5.13. The zero-order valence-corrected chi connectivity index (χ0v) is 16.2. The summed E-state index contributed by atoms with van der Waals surface area (Å²) in [6.45, 7) is 0. The van der Waals surface area contributed by atoms with E-state index in [9.17, 15) is 14.7 Å². The molecule has 0 fully saturated rings. The summed E-state index contributed by atoms with van der Waals surface area (Å²) in [6.07, 6.45) is 0. The lowest BCUT2D eigenvalue weighted by molar-refractivity contribution is 0.0598. The number of hydrogen-bond donors (Lipinski definition) is 1. The number of carbonyl (C=O) groups is 2. The number of hydrogen-bond acceptors (Lipinski definition) is 5. The Labute approximate surface area is 163 Å². The molecular weight excluding hydrogens is 447 g/mol. The zero-order chi connectivity index (χ0) is 18.8. The molecule has 5 nitrogen and oxygen atoms in total. The van der Waals surface area contributed by atoms with Gasteiger partial charge in [-0.15, -0.1) is 0 Å². The van der Waals surface area contributed by atoms with E-state index in [0.717, 1.165) is 3.57 Å². The van der Waals surface area contributed by atoms with E-state index in [1.54, 1.807) is 36.4 Å². The molecule has 0 aliphatic heterocycles. The van der Waals surface area contributed by atoms with Crippen molar-refractivity contribution in [3.8, 4) is 16.9 Å². The fourth-order valence-electron chi connectivity index (χ4n) is 2.97. The second-order valence-corrected chi connectivity index (χ2v) is 6.64. The first-order valence-electron chi connectivity index (χ1n) is 7.70. The Hall–Kier alpha value is -2.61. The minimum atomic E-state index is -0.729. The Balaban J connectivity index is 2.60. The molecule has 132 valence electrons. The van der Waals surface area contributed by atoms with Gasteiger partial charge in [-0.3, -0.25) is 0 Å². The fraction of sp³-hybridized carbons (Fsp3) is 0.100. The van der Waals surface area contributed by atoms with Gasteiger partial charge in [-0.1, -0.05) is 42.5 Å². The standard InChI is InChI=1S/C20H15IO5/c1-25-19(23)16-11-7-3-4-8-12(11)18(22)17(20(24)26-2)15(16)13-9-5-6-10-14(13)21/h3-10,22H,1-2H3. The quantitative estimate of drug-likeness (QED) is 0.462. The lowest BCUT2D eigenvalue weighted by Gasteiger charge is -2.18. The van der Waals surface area contributed by atoms with Crippen molar-refractivity contribution >= 4 is 45.3 Å². The molecule has 3 aromatic carbocycles. The van der Waals surface area contributed by atoms with Gasteiger partial charge >= 0.3 is 11.9 Å². The maximum Gasteiger partial charge on any atom is 0.342 e. The third kappa shape index (κ3) is 2.90. The van der Waals surface area contributed by atoms with Crippen molar-refractivity contribution in [2.75, 3.05) is 14.2 Å². The summed E-state index contributed by atoms with van der Waals surface area (Å²) in [6, 6.07) is 14.1. The largest absolute Gasteiger partial charge is 0.506 e. The molecule has 26 heavy (non-hydrogen) atoms. The first-order valence-corrected chi connectivity index (χ1v) is 8.78. The first kappa shape index (κ1) is 18.2. The van der Waals surface area contributed by atoms with Crippen molar-refractivity contribution < 1.29 is 24.2 Å². The molecule has 1 N–H and O–H groups in total. The normalized spacial score (nSPS) is 10.6. The Morgan fingerprint density at radius 2 is 1.38 bits per heavy atom. The summed E-state index contributed by atoms with van der Waals surface area (Å²) >= 11 is 2.12. The van der Waals surface area contributed by atoms with Gasteiger partial charge in [0.15, 0.2) is 0 Å². The SMILES string of the molecule is COC(=O)c1c(-c2ccccc2I)c(C(=O)OC)c2ccccc2c1O. The lowest BCUT2D eigenvalue weighted by atomic mass is 9.88. The van der Waals surface area contributed by atoms with E-state index in [1.807, 2.05) is 12.1 Å². The number of methoxy groups -OCH3 is 2. The van der Waals surface area contributed by atoms with Gasteiger partial charge in [0.25, 0.3) is 0 Å². The van der Waals surface area contributed by atoms with Crippen LogP contribution in [0.5, 0.6) is 5.75 Å². The van der Waals surface area contributed by atoms with Gasteiger partial charge in [-0.05, 0) is 34.2 Å². The molecule has 0 heterocycles. The third-order valence-corrected chi connectivity index (χ3v) is 5.05. The third-order valence-electron chi connectivity index (χ3n) is 4.11. The molecule has 0 aliphatic rings. The molecule has 0 radical (unpaired) electrons. The van der Waals surface area contributed by atoms with Crippen molar-refractivity contribution in [2.45, 2.75) is 0 Å². The minimum absolute atomic E-state index is 0.0595. The smallest absolute Gasteiger partial charge is 0.342 e. The van der Waals surface area contributed by atoms with Crippen LogP contribution in [0.15, 0.2) is 48.5 Å². The van der Waals surface area contributed by atoms with E-state index in [0.29, 0.717) is 21.9 Å². The average molecular weight is 462 g/mol. The lowest BCUT2D eigenvalue weighted by Crippen LogP contribution is -2.12. The summed E-state index contributed by atoms with van der Waals surface area (Å²) in [5, 5.41) is 11.7. The summed E-state index contributed by atoms with van der Waals surface area (Å²) in [5.41, 5.74) is 1.08. The number of fused-ring (bicyclic) bond motifs is 1. The topological polar surface area (TPSA) is 72.8 Å². The number of aromatic hydroxyl groups is 1. The van der Waals surface area contributed by atoms with Crippen LogP contribution in [0.25, 0.3) is 21.9 Å². The van der Waals surface area contributed by atoms with Crippen LogP contribution in [0, 0.1) is 3.57 Å². The van der Waals surface area contributed by atoms with Crippen molar-refractivity contribution in [1.82, 2.24) is 0 Å². The van der Waals surface area contributed by atoms with Gasteiger partial charge in [0.05, 0.1) is 19.8 Å². The molecular formula is C20H15IO5. The maximum absolute atomic E-state index is 12.6. The Morgan fingerprint density at radius 1 is 0.846 bits per heavy atom. The second kappa shape index (κ2) is 7.33. The first-order chi connectivity index (χ1) is 12.5. The molecule has 3 rings (SSSR count). The van der Waals surface area contributed by atoms with Crippen molar-refractivity contribution in [1.29, 1.82) is 0 Å². The van der Waals surface area contributed by atoms with Crippen LogP contribution in [0.2, 0.25) is 0 Å². The maximum atomic E-state index is 12.6. The van der Waals surface area contributed by atoms with Crippen LogP contribution in [0.3, 0.4) is 0 Å². The van der Waals surface area contributed by atoms with Crippen LogP contribution in [0.1, 0.15) is 20.7 Å². The van der Waals surface area contributed by atoms with Crippen LogP contribution < -0.4 is 0 Å². The van der Waals surface area contributed by atoms with Crippen LogP contribution >= 0.6 is 22.6 Å². The highest BCUT2D eigenvalue weighted by molar-refractivity contribution is 14.1. The summed E-state index contributed by atoms with van der Waals surface area (Å²) in [7, 11) is 2.51. The number of halogens is 1. The molecule has 0 unspecified atom stereocenters. The van der Waals surface area contributed by atoms with Gasteiger partial charge in [0.1, 0.15) is 11.3 Å². The molecule has 0 aliphatic carbocycles. The highest BCUT2D eigenvalue weighted by atomic mass is 127. The molecule has 0 aromatic heterocycles. The van der Waals surface area contributed by atoms with E-state index in [2.05, 4.69) is 22.6 Å². The average Bonchev–Trinajstić information content (AvgIpc) is 2.67. The molecule has 3 aromatic rings. The number of esters is 2. The van der Waals surface area contributed by atoms with Crippen LogP contribution in [-0.4, -0.2) is 31.3 Å². The van der Waals surface area contributed by atoms with E-state index in [1.165, 1.54) is 14.2 Å². The molecule has 0 bridgehead atoms. The number of carbonyl (C=O) groups excluding carboxylic acids is 2. The molecule has 0 amide bonds. The molecule has 0 saturated heterocycles. The monoisotopic (exact) mass is 462 g/mol. The van der Waals surface area contributed by atoms with E-state index in [4.69, 9.17) is 9.47 Å². The van der Waals surface area contributed by atoms with E-state index < -0.39 is 11.9 Å². The Morgan fingerprint density at radius 3 is 2.00 bits per heavy atom. The van der Waals surface area contributed by atoms with Gasteiger partial charge in [-0.2, -0.15) is 0 Å². The zero-order valence-electron chi connectivity index (χ0n) is 14.1. The van der Waals surface area contributed by atoms with Gasteiger partial charge in [-0.25, -0.2) is 9.59 Å². The molecule has 6 heteroatoms. The minimum Gasteiger partial charge on any atom is -0.506 e. The van der Waals surface area contributed by atoms with Crippen molar-refractivity contribution in [3.05, 3.63) is 63.2 Å². The Bertz CT molecular complexity index is 1030. The number of rotatable bonds is 3. The highest BCUT2D eigenvalue weighted by Gasteiger charge is 2.29. The molecule has 0 saturated carbocycles. The highest BCUT2D eigenvalue weighted by Crippen LogP contribution is 2.42. The van der Waals surface area contributed by atoms with Crippen LogP contribution in [0.4, 0.5) is 0 Å². The van der Waals surface area contributed by atoms with Gasteiger partial charge in [0, 0.05) is 19.9 Å². The fourth-order valence-corrected chi connectivity index (χ4v) is 3.63. The van der Waals surface area contributed by atoms with Gasteiger partial charge in [0.2, 0.25) is 0 Å². The molecule has 0 atom stereocenters. The number of phenols is 1. The number of benzene rings is 3. The second-order valence-electron chi connectivity index (χ2n) is 5.48. The van der Waals surface area contributed by atoms with E-state index >= 15 is 0 Å². The van der Waals surface area contributed by atoms with E-state index in [-0.39, 0.29) is 16.9 Å². The summed E-state index contributed by atoms with van der Waals surface area (Å²) in [5.74, 6) is -1.55. The predicted octanol–water partition coefficient (Wildman–Crippen LogP) is 4.39.